The number of hydrogen-bond donors (Lipinski definition) is 0. The average Bonchev–Trinajstić information content (AvgIpc) is 0.731. The predicted molar refractivity (Wildman–Crippen MR) is 491 cm³/mol. The zero-order valence-corrected chi connectivity index (χ0v) is 71.0. The zero-order valence-electron chi connectivity index (χ0n) is 71.0. The number of carbonyl (C=O) groups is 2. The van der Waals surface area contributed by atoms with E-state index in [1.807, 2.05) is 91.0 Å². The standard InChI is InChI=1S/C114H80O18/c115-63-97-99-45-71-47-101(97)123-79-31-16-32-80(52-79)124-102-48-72-46-100(98(102)64-116)122-78-30-15-28-76(51-78)120-84-44-70-42-82(54-84)118-74-26-13-25-73(49-74)117-81-41-69(43-83(53-81)119-75-27-14-29-77(50-75)121-99)111-125-103-59-104-90-55-89(103)85(37-33-65-17-5-1-6-18-65)91-56-93-87(39-35-67-21-9-3-10-22-67)95-58-96-88(40-36-68-23-11-4-12-24-68)94-57-92(86(90)38-34-66-19-7-2-8-20-66)106(128-112(70)126-104)61-108(94)130-114(72)132-110(96)62-109(95)131-113(71)129-107(93)60-105(91)127-111/h1-32,41-64,85-88,111-114H,33-40H2. The molecule has 9 aliphatic rings. The number of aldehydes is 2. The lowest BCUT2D eigenvalue weighted by atomic mass is 9.75. The van der Waals surface area contributed by atoms with E-state index in [4.69, 9.17) is 75.8 Å². The van der Waals surface area contributed by atoms with Gasteiger partial charge in [0.2, 0.25) is 0 Å². The van der Waals surface area contributed by atoms with Gasteiger partial charge in [-0.1, -0.05) is 146 Å². The molecule has 8 aliphatic heterocycles. The van der Waals surface area contributed by atoms with Crippen molar-refractivity contribution in [3.63, 3.8) is 0 Å². The molecule has 0 saturated carbocycles. The highest BCUT2D eigenvalue weighted by atomic mass is 16.7. The Kier molecular flexibility index (Phi) is 19.2. The molecule has 0 amide bonds. The fraction of sp³-hybridized carbons (Fsp3) is 0.140. The number of fused-ring (bicyclic) bond motifs is 16. The van der Waals surface area contributed by atoms with Crippen molar-refractivity contribution in [2.24, 2.45) is 0 Å². The fourth-order valence-electron chi connectivity index (χ4n) is 19.9. The Labute approximate surface area is 759 Å². The molecule has 16 aromatic rings. The Morgan fingerprint density at radius 3 is 0.591 bits per heavy atom. The van der Waals surface area contributed by atoms with E-state index in [9.17, 15) is 9.59 Å². The Hall–Kier alpha value is -16.3. The normalized spacial score (nSPS) is 18.4. The van der Waals surface area contributed by atoms with Gasteiger partial charge >= 0.3 is 0 Å². The minimum Gasteiger partial charge on any atom is -0.457 e. The lowest BCUT2D eigenvalue weighted by molar-refractivity contribution is -0.0123. The summed E-state index contributed by atoms with van der Waals surface area (Å²) in [6.45, 7) is 0. The van der Waals surface area contributed by atoms with Crippen molar-refractivity contribution in [1.29, 1.82) is 0 Å². The van der Waals surface area contributed by atoms with Gasteiger partial charge in [-0.3, -0.25) is 9.59 Å². The molecule has 8 atom stereocenters. The molecule has 0 saturated heterocycles. The fourth-order valence-corrected chi connectivity index (χ4v) is 19.9. The Morgan fingerprint density at radius 2 is 0.379 bits per heavy atom. The number of aryl methyl sites for hydroxylation is 4. The molecule has 0 fully saturated rings. The SMILES string of the molecule is O=Cc1c2cc3cc1Oc1cccc(c1)Oc1cc4cc(c1C=O)Oc1cccc(c1)Oc1cc5cc(c1)C1Oc6cc7c8cc6C(CCc6ccccc6)c6cc9c(cc6O1)OC4Oc1cc4c(cc1C9CCc1ccccc1)C(CCc1ccccc1)c1cc(c(cc1OC3O4)OC(O7)c1cc(cc(c1)Oc1cccc(c1)O2)Oc1cccc(c1)O5)C8CCc1ccccc1. The van der Waals surface area contributed by atoms with Crippen LogP contribution < -0.4 is 75.8 Å². The van der Waals surface area contributed by atoms with Crippen LogP contribution >= 0.6 is 0 Å². The van der Waals surface area contributed by atoms with Gasteiger partial charge < -0.3 is 75.8 Å². The molecule has 8 unspecified atom stereocenters. The molecular weight excluding hydrogens is 1660 g/mol. The Bertz CT molecular complexity index is 6890. The molecule has 40 bridgehead atoms. The van der Waals surface area contributed by atoms with Gasteiger partial charge in [0.1, 0.15) is 138 Å². The molecule has 18 nitrogen and oxygen atoms in total. The van der Waals surface area contributed by atoms with Gasteiger partial charge in [0, 0.05) is 151 Å². The molecule has 0 spiro atoms. The van der Waals surface area contributed by atoms with Crippen LogP contribution in [0.5, 0.6) is 138 Å². The molecule has 0 N–H and O–H groups in total. The Morgan fingerprint density at radius 1 is 0.182 bits per heavy atom. The van der Waals surface area contributed by atoms with Gasteiger partial charge in [-0.2, -0.15) is 0 Å². The van der Waals surface area contributed by atoms with Crippen molar-refractivity contribution in [3.8, 4) is 138 Å². The average molecular weight is 1740 g/mol. The van der Waals surface area contributed by atoms with Crippen molar-refractivity contribution in [2.75, 3.05) is 0 Å². The molecule has 0 radical (unpaired) electrons. The number of rotatable bonds is 14. The number of ether oxygens (including phenoxy) is 16. The smallest absolute Gasteiger partial charge is 0.267 e. The number of carbonyl (C=O) groups excluding carboxylic acids is 2. The highest BCUT2D eigenvalue weighted by Gasteiger charge is 2.44. The van der Waals surface area contributed by atoms with Gasteiger partial charge in [0.05, 0.1) is 11.1 Å². The second-order valence-electron chi connectivity index (χ2n) is 34.6. The molecular formula is C114H80O18. The summed E-state index contributed by atoms with van der Waals surface area (Å²) in [6, 6.07) is 106. The van der Waals surface area contributed by atoms with Gasteiger partial charge in [0.25, 0.3) is 25.2 Å². The van der Waals surface area contributed by atoms with Crippen molar-refractivity contribution in [1.82, 2.24) is 0 Å². The maximum absolute atomic E-state index is 14.5. The van der Waals surface area contributed by atoms with Gasteiger partial charge in [0.15, 0.2) is 12.6 Å². The van der Waals surface area contributed by atoms with Crippen LogP contribution in [0.25, 0.3) is 0 Å². The summed E-state index contributed by atoms with van der Waals surface area (Å²) in [5, 5.41) is 0. The monoisotopic (exact) mass is 1740 g/mol. The minimum atomic E-state index is -1.43. The van der Waals surface area contributed by atoms with Crippen LogP contribution in [-0.4, -0.2) is 12.6 Å². The topological polar surface area (TPSA) is 182 Å². The van der Waals surface area contributed by atoms with E-state index in [0.29, 0.717) is 178 Å². The third-order valence-corrected chi connectivity index (χ3v) is 26.2. The van der Waals surface area contributed by atoms with E-state index in [0.717, 1.165) is 66.8 Å². The minimum absolute atomic E-state index is 0.0282. The van der Waals surface area contributed by atoms with Crippen LogP contribution in [0.15, 0.2) is 328 Å². The van der Waals surface area contributed by atoms with Crippen molar-refractivity contribution in [2.45, 2.75) is 100 Å². The molecule has 1 aliphatic carbocycles. The summed E-state index contributed by atoms with van der Waals surface area (Å²) in [4.78, 5) is 29.0. The second-order valence-corrected chi connectivity index (χ2v) is 34.6. The van der Waals surface area contributed by atoms with Crippen LogP contribution in [0, 0.1) is 0 Å². The lowest BCUT2D eigenvalue weighted by Gasteiger charge is -2.38. The van der Waals surface area contributed by atoms with Gasteiger partial charge in [-0.25, -0.2) is 0 Å². The van der Waals surface area contributed by atoms with Crippen LogP contribution in [0.4, 0.5) is 0 Å². The molecule has 16 aromatic carbocycles. The second kappa shape index (κ2) is 32.4. The van der Waals surface area contributed by atoms with E-state index >= 15 is 0 Å². The first-order chi connectivity index (χ1) is 65.1. The van der Waals surface area contributed by atoms with E-state index in [1.165, 1.54) is 0 Å². The highest BCUT2D eigenvalue weighted by molar-refractivity contribution is 5.86. The summed E-state index contributed by atoms with van der Waals surface area (Å²) in [6.07, 6.45) is 0.367. The molecule has 644 valence electrons. The largest absolute Gasteiger partial charge is 0.457 e. The van der Waals surface area contributed by atoms with Crippen molar-refractivity contribution >= 4 is 12.6 Å². The molecule has 18 heteroatoms. The zero-order chi connectivity index (χ0) is 87.4. The summed E-state index contributed by atoms with van der Waals surface area (Å²) in [5.41, 5.74) is 12.9. The van der Waals surface area contributed by atoms with Crippen molar-refractivity contribution < 1.29 is 85.4 Å². The third-order valence-electron chi connectivity index (χ3n) is 26.2. The number of hydrogen-bond acceptors (Lipinski definition) is 18. The van der Waals surface area contributed by atoms with Crippen LogP contribution in [-0.2, 0) is 25.7 Å². The predicted octanol–water partition coefficient (Wildman–Crippen LogP) is 28.2. The first-order valence-electron chi connectivity index (χ1n) is 44.7. The molecule has 25 rings (SSSR count). The van der Waals surface area contributed by atoms with E-state index in [2.05, 4.69) is 133 Å². The maximum Gasteiger partial charge on any atom is 0.267 e. The quantitative estimate of drug-likeness (QED) is 0.0936. The van der Waals surface area contributed by atoms with Crippen molar-refractivity contribution in [3.05, 3.63) is 428 Å². The highest BCUT2D eigenvalue weighted by Crippen LogP contribution is 2.60. The third kappa shape index (κ3) is 14.9. The summed E-state index contributed by atoms with van der Waals surface area (Å²) in [7, 11) is 0. The first kappa shape index (κ1) is 78.0. The number of benzene rings is 16. The van der Waals surface area contributed by atoms with Gasteiger partial charge in [-0.15, -0.1) is 0 Å². The van der Waals surface area contributed by atoms with Crippen LogP contribution in [0.1, 0.15) is 184 Å². The van der Waals surface area contributed by atoms with E-state index in [-0.39, 0.29) is 57.1 Å². The molecule has 0 aromatic heterocycles. The summed E-state index contributed by atoms with van der Waals surface area (Å²) in [5.74, 6) is 5.25. The molecule has 8 heterocycles. The van der Waals surface area contributed by atoms with Gasteiger partial charge in [-0.05, 0) is 195 Å². The first-order valence-corrected chi connectivity index (χ1v) is 44.7. The van der Waals surface area contributed by atoms with E-state index in [1.54, 1.807) is 103 Å². The van der Waals surface area contributed by atoms with Crippen LogP contribution in [0.3, 0.4) is 0 Å². The molecule has 132 heavy (non-hydrogen) atoms. The van der Waals surface area contributed by atoms with E-state index < -0.39 is 48.8 Å². The summed E-state index contributed by atoms with van der Waals surface area (Å²) >= 11 is 0. The lowest BCUT2D eigenvalue weighted by Crippen LogP contribution is -2.26. The Balaban J connectivity index is 0.876. The van der Waals surface area contributed by atoms with Crippen LogP contribution in [0.2, 0.25) is 0 Å². The maximum atomic E-state index is 14.5. The summed E-state index contributed by atoms with van der Waals surface area (Å²) < 4.78 is 121.